The number of hydrogen-bond acceptors (Lipinski definition) is 4. The van der Waals surface area contributed by atoms with Crippen LogP contribution in [-0.2, 0) is 4.79 Å². The average Bonchev–Trinajstić information content (AvgIpc) is 2.83. The highest BCUT2D eigenvalue weighted by Gasteiger charge is 2.40. The summed E-state index contributed by atoms with van der Waals surface area (Å²) < 4.78 is 0. The van der Waals surface area contributed by atoms with Crippen molar-refractivity contribution in [3.05, 3.63) is 22.4 Å². The second kappa shape index (κ2) is 4.28. The number of aromatic amines is 2. The van der Waals surface area contributed by atoms with Gasteiger partial charge in [0.1, 0.15) is 11.7 Å². The molecule has 0 spiro atoms. The second-order valence-electron chi connectivity index (χ2n) is 3.66. The van der Waals surface area contributed by atoms with Crippen molar-refractivity contribution in [2.75, 3.05) is 5.75 Å². The van der Waals surface area contributed by atoms with Crippen LogP contribution in [-0.4, -0.2) is 49.0 Å². The van der Waals surface area contributed by atoms with Crippen LogP contribution in [0.4, 0.5) is 0 Å². The van der Waals surface area contributed by atoms with Gasteiger partial charge in [0.25, 0.3) is 5.91 Å². The van der Waals surface area contributed by atoms with Gasteiger partial charge in [0, 0.05) is 11.9 Å². The lowest BCUT2D eigenvalue weighted by atomic mass is 10.2. The first-order valence-electron chi connectivity index (χ1n) is 4.95. The highest BCUT2D eigenvalue weighted by Crippen LogP contribution is 2.29. The topological polar surface area (TPSA) is 106 Å². The average molecular weight is 257 g/mol. The molecule has 0 bridgehead atoms. The van der Waals surface area contributed by atoms with Gasteiger partial charge in [-0.05, 0) is 6.92 Å². The molecule has 17 heavy (non-hydrogen) atoms. The van der Waals surface area contributed by atoms with Crippen LogP contribution < -0.4 is 5.69 Å². The Morgan fingerprint density at radius 3 is 2.82 bits per heavy atom. The summed E-state index contributed by atoms with van der Waals surface area (Å²) in [7, 11) is 0. The van der Waals surface area contributed by atoms with Crippen molar-refractivity contribution in [2.45, 2.75) is 18.3 Å². The van der Waals surface area contributed by atoms with Crippen LogP contribution in [0.15, 0.2) is 11.0 Å². The standard InChI is InChI=1S/C9H11N3O4S/c1-4-12(6(3-17-4)8(14)15)7(13)5-2-10-9(16)11-5/h2,4,6H,3H2,1H3,(H,14,15)(H2,10,11,16). The van der Waals surface area contributed by atoms with Crippen molar-refractivity contribution in [3.63, 3.8) is 0 Å². The fourth-order valence-corrected chi connectivity index (χ4v) is 2.90. The maximum absolute atomic E-state index is 12.0. The van der Waals surface area contributed by atoms with Gasteiger partial charge in [0.15, 0.2) is 0 Å². The third kappa shape index (κ3) is 2.07. The molecule has 92 valence electrons. The van der Waals surface area contributed by atoms with Crippen LogP contribution in [0, 0.1) is 0 Å². The van der Waals surface area contributed by atoms with E-state index in [9.17, 15) is 14.4 Å². The number of nitrogens with zero attached hydrogens (tertiary/aromatic N) is 1. The summed E-state index contributed by atoms with van der Waals surface area (Å²) in [6.07, 6.45) is 1.25. The van der Waals surface area contributed by atoms with E-state index in [0.717, 1.165) is 0 Å². The van der Waals surface area contributed by atoms with Crippen LogP contribution >= 0.6 is 11.8 Å². The fourth-order valence-electron chi connectivity index (χ4n) is 1.73. The number of thioether (sulfide) groups is 1. The predicted molar refractivity (Wildman–Crippen MR) is 60.9 cm³/mol. The Morgan fingerprint density at radius 1 is 1.59 bits per heavy atom. The number of aromatic nitrogens is 2. The number of H-pyrrole nitrogens is 2. The number of aliphatic carboxylic acids is 1. The van der Waals surface area contributed by atoms with E-state index in [1.807, 2.05) is 0 Å². The summed E-state index contributed by atoms with van der Waals surface area (Å²) in [4.78, 5) is 39.9. The van der Waals surface area contributed by atoms with E-state index in [1.54, 1.807) is 6.92 Å². The van der Waals surface area contributed by atoms with Crippen molar-refractivity contribution in [2.24, 2.45) is 0 Å². The van der Waals surface area contributed by atoms with Gasteiger partial charge in [-0.2, -0.15) is 0 Å². The summed E-state index contributed by atoms with van der Waals surface area (Å²) >= 11 is 1.39. The number of nitrogens with one attached hydrogen (secondary N) is 2. The van der Waals surface area contributed by atoms with Crippen molar-refractivity contribution in [3.8, 4) is 0 Å². The predicted octanol–water partition coefficient (Wildman–Crippen LogP) is -0.309. The Kier molecular flexibility index (Phi) is 2.97. The second-order valence-corrected chi connectivity index (χ2v) is 5.00. The molecule has 3 N–H and O–H groups in total. The van der Waals surface area contributed by atoms with Gasteiger partial charge in [-0.15, -0.1) is 11.8 Å². The van der Waals surface area contributed by atoms with Gasteiger partial charge in [-0.1, -0.05) is 0 Å². The van der Waals surface area contributed by atoms with Gasteiger partial charge < -0.3 is 20.0 Å². The largest absolute Gasteiger partial charge is 0.480 e. The van der Waals surface area contributed by atoms with E-state index in [0.29, 0.717) is 5.75 Å². The number of rotatable bonds is 2. The molecule has 2 heterocycles. The first-order valence-corrected chi connectivity index (χ1v) is 6.00. The molecule has 1 saturated heterocycles. The number of carbonyl (C=O) groups is 2. The quantitative estimate of drug-likeness (QED) is 0.674. The fraction of sp³-hybridized carbons (Fsp3) is 0.444. The molecule has 1 aromatic heterocycles. The van der Waals surface area contributed by atoms with E-state index in [1.165, 1.54) is 22.9 Å². The molecular formula is C9H11N3O4S. The van der Waals surface area contributed by atoms with E-state index in [2.05, 4.69) is 9.97 Å². The van der Waals surface area contributed by atoms with Gasteiger partial charge >= 0.3 is 11.7 Å². The lowest BCUT2D eigenvalue weighted by Gasteiger charge is -2.24. The third-order valence-electron chi connectivity index (χ3n) is 2.57. The highest BCUT2D eigenvalue weighted by molar-refractivity contribution is 8.00. The Balaban J connectivity index is 2.28. The lowest BCUT2D eigenvalue weighted by Crippen LogP contribution is -2.45. The highest BCUT2D eigenvalue weighted by atomic mass is 32.2. The number of carboxylic acids is 1. The number of hydrogen-bond donors (Lipinski definition) is 3. The minimum absolute atomic E-state index is 0.0793. The van der Waals surface area contributed by atoms with Crippen LogP contribution in [0.25, 0.3) is 0 Å². The van der Waals surface area contributed by atoms with Crippen molar-refractivity contribution >= 4 is 23.6 Å². The van der Waals surface area contributed by atoms with Gasteiger partial charge in [-0.3, -0.25) is 4.79 Å². The third-order valence-corrected chi connectivity index (χ3v) is 3.79. The van der Waals surface area contributed by atoms with E-state index < -0.39 is 23.6 Å². The van der Waals surface area contributed by atoms with Crippen molar-refractivity contribution < 1.29 is 14.7 Å². The zero-order chi connectivity index (χ0) is 12.6. The normalized spacial score (nSPS) is 23.9. The molecule has 0 saturated carbocycles. The first-order chi connectivity index (χ1) is 8.00. The molecule has 1 amide bonds. The molecule has 1 aliphatic heterocycles. The summed E-state index contributed by atoms with van der Waals surface area (Å²) in [5.41, 5.74) is -0.407. The summed E-state index contributed by atoms with van der Waals surface area (Å²) in [5.74, 6) is -1.15. The number of amides is 1. The summed E-state index contributed by atoms with van der Waals surface area (Å²) in [6.45, 7) is 1.76. The van der Waals surface area contributed by atoms with Crippen molar-refractivity contribution in [1.29, 1.82) is 0 Å². The lowest BCUT2D eigenvalue weighted by molar-refractivity contribution is -0.141. The Hall–Kier alpha value is -1.70. The monoisotopic (exact) mass is 257 g/mol. The maximum atomic E-state index is 12.0. The molecule has 0 aromatic carbocycles. The zero-order valence-electron chi connectivity index (χ0n) is 8.97. The van der Waals surface area contributed by atoms with E-state index in [-0.39, 0.29) is 11.1 Å². The molecule has 7 nitrogen and oxygen atoms in total. The SMILES string of the molecule is CC1SCC(C(=O)O)N1C(=O)c1c[nH]c(=O)[nH]1. The number of imidazole rings is 1. The molecule has 8 heteroatoms. The smallest absolute Gasteiger partial charge is 0.327 e. The Bertz CT molecular complexity index is 508. The van der Waals surface area contributed by atoms with Crippen LogP contribution in [0.2, 0.25) is 0 Å². The number of carboxylic acid groups (broad SMARTS) is 1. The minimum Gasteiger partial charge on any atom is -0.480 e. The first kappa shape index (κ1) is 11.8. The number of carbonyl (C=O) groups excluding carboxylic acids is 1. The molecule has 1 aromatic rings. The van der Waals surface area contributed by atoms with Crippen LogP contribution in [0.5, 0.6) is 0 Å². The maximum Gasteiger partial charge on any atom is 0.327 e. The van der Waals surface area contributed by atoms with Gasteiger partial charge in [-0.25, -0.2) is 9.59 Å². The zero-order valence-corrected chi connectivity index (χ0v) is 9.78. The van der Waals surface area contributed by atoms with Crippen molar-refractivity contribution in [1.82, 2.24) is 14.9 Å². The van der Waals surface area contributed by atoms with E-state index in [4.69, 9.17) is 5.11 Å². The summed E-state index contributed by atoms with van der Waals surface area (Å²) in [5, 5.41) is 8.80. The van der Waals surface area contributed by atoms with Gasteiger partial charge in [0.05, 0.1) is 5.37 Å². The molecule has 0 aliphatic carbocycles. The van der Waals surface area contributed by atoms with Crippen LogP contribution in [0.1, 0.15) is 17.4 Å². The van der Waals surface area contributed by atoms with E-state index >= 15 is 0 Å². The molecule has 2 atom stereocenters. The molecule has 2 rings (SSSR count). The molecule has 1 fully saturated rings. The molecule has 1 aliphatic rings. The van der Waals surface area contributed by atoms with Crippen LogP contribution in [0.3, 0.4) is 0 Å². The Labute approximate surface area is 100 Å². The molecule has 0 radical (unpaired) electrons. The minimum atomic E-state index is -1.03. The Morgan fingerprint density at radius 2 is 2.29 bits per heavy atom. The molecular weight excluding hydrogens is 246 g/mol. The molecule has 2 unspecified atom stereocenters. The van der Waals surface area contributed by atoms with Gasteiger partial charge in [0.2, 0.25) is 0 Å². The summed E-state index contributed by atoms with van der Waals surface area (Å²) in [6, 6.07) is -0.846.